The molecule has 5 heteroatoms. The summed E-state index contributed by atoms with van der Waals surface area (Å²) in [4.78, 5) is 26.4. The van der Waals surface area contributed by atoms with Crippen molar-refractivity contribution >= 4 is 17.7 Å². The number of carboxylic acid groups (broad SMARTS) is 1. The molecule has 1 aromatic rings. The van der Waals surface area contributed by atoms with Gasteiger partial charge in [-0.2, -0.15) is 0 Å². The Kier molecular flexibility index (Phi) is 3.27. The maximum absolute atomic E-state index is 11.7. The number of anilines is 1. The van der Waals surface area contributed by atoms with Crippen molar-refractivity contribution in [2.24, 2.45) is 5.41 Å². The van der Waals surface area contributed by atoms with E-state index in [2.05, 4.69) is 10.3 Å². The summed E-state index contributed by atoms with van der Waals surface area (Å²) < 4.78 is 0. The van der Waals surface area contributed by atoms with Gasteiger partial charge in [-0.15, -0.1) is 0 Å². The molecule has 1 heterocycles. The van der Waals surface area contributed by atoms with Crippen LogP contribution in [0.4, 0.5) is 5.82 Å². The summed E-state index contributed by atoms with van der Waals surface area (Å²) in [7, 11) is 0. The summed E-state index contributed by atoms with van der Waals surface area (Å²) in [5.74, 6) is -1.39. The van der Waals surface area contributed by atoms with E-state index in [4.69, 9.17) is 5.11 Å². The van der Waals surface area contributed by atoms with Crippen molar-refractivity contribution in [2.75, 3.05) is 5.32 Å². The number of hydrogen-bond donors (Lipinski definition) is 2. The van der Waals surface area contributed by atoms with Crippen LogP contribution in [0.2, 0.25) is 0 Å². The molecule has 1 rings (SSSR count). The number of aliphatic carboxylic acids is 1. The quantitative estimate of drug-likeness (QED) is 0.758. The van der Waals surface area contributed by atoms with Crippen molar-refractivity contribution < 1.29 is 14.7 Å². The second kappa shape index (κ2) is 4.30. The maximum Gasteiger partial charge on any atom is 0.318 e. The van der Waals surface area contributed by atoms with Crippen LogP contribution < -0.4 is 5.32 Å². The Morgan fingerprint density at radius 3 is 2.56 bits per heavy atom. The zero-order chi connectivity index (χ0) is 12.3. The van der Waals surface area contributed by atoms with Crippen LogP contribution in [0.3, 0.4) is 0 Å². The van der Waals surface area contributed by atoms with Gasteiger partial charge in [0, 0.05) is 6.20 Å². The number of carbonyl (C=O) groups is 2. The third-order valence-corrected chi connectivity index (χ3v) is 2.26. The lowest BCUT2D eigenvalue weighted by molar-refractivity contribution is -0.151. The van der Waals surface area contributed by atoms with Gasteiger partial charge < -0.3 is 10.4 Å². The van der Waals surface area contributed by atoms with Gasteiger partial charge in [-0.25, -0.2) is 4.98 Å². The molecule has 0 fully saturated rings. The molecule has 0 radical (unpaired) electrons. The number of hydrogen-bond acceptors (Lipinski definition) is 3. The molecular weight excluding hydrogens is 208 g/mol. The smallest absolute Gasteiger partial charge is 0.318 e. The fraction of sp³-hybridized carbons (Fsp3) is 0.364. The number of aryl methyl sites for hydroxylation is 1. The third-order valence-electron chi connectivity index (χ3n) is 2.26. The lowest BCUT2D eigenvalue weighted by atomic mass is 9.93. The highest BCUT2D eigenvalue weighted by Crippen LogP contribution is 2.18. The minimum atomic E-state index is -1.47. The molecule has 0 aliphatic carbocycles. The first-order chi connectivity index (χ1) is 7.34. The molecule has 1 amide bonds. The summed E-state index contributed by atoms with van der Waals surface area (Å²) in [5, 5.41) is 11.3. The Bertz CT molecular complexity index is 427. The van der Waals surface area contributed by atoms with Gasteiger partial charge in [0.2, 0.25) is 5.91 Å². The molecule has 0 bridgehead atoms. The van der Waals surface area contributed by atoms with Crippen LogP contribution >= 0.6 is 0 Å². The summed E-state index contributed by atoms with van der Waals surface area (Å²) in [6, 6.07) is 3.47. The molecule has 0 saturated heterocycles. The fourth-order valence-electron chi connectivity index (χ4n) is 0.974. The Balaban J connectivity index is 2.83. The molecule has 16 heavy (non-hydrogen) atoms. The predicted octanol–water partition coefficient (Wildman–Crippen LogP) is 1.44. The van der Waals surface area contributed by atoms with E-state index in [0.717, 1.165) is 5.56 Å². The Labute approximate surface area is 93.5 Å². The van der Waals surface area contributed by atoms with E-state index in [-0.39, 0.29) is 0 Å². The summed E-state index contributed by atoms with van der Waals surface area (Å²) >= 11 is 0. The van der Waals surface area contributed by atoms with Gasteiger partial charge in [-0.05, 0) is 38.5 Å². The summed E-state index contributed by atoms with van der Waals surface area (Å²) in [6.07, 6.45) is 1.55. The van der Waals surface area contributed by atoms with Crippen molar-refractivity contribution in [3.63, 3.8) is 0 Å². The molecule has 86 valence electrons. The minimum Gasteiger partial charge on any atom is -0.480 e. The highest BCUT2D eigenvalue weighted by Gasteiger charge is 2.36. The monoisotopic (exact) mass is 222 g/mol. The number of amides is 1. The second-order valence-electron chi connectivity index (χ2n) is 4.10. The molecule has 0 aliphatic heterocycles. The number of nitrogens with zero attached hydrogens (tertiary/aromatic N) is 1. The summed E-state index contributed by atoms with van der Waals surface area (Å²) in [6.45, 7) is 4.56. The van der Waals surface area contributed by atoms with Crippen LogP contribution in [0, 0.1) is 12.3 Å². The first-order valence-electron chi connectivity index (χ1n) is 4.81. The number of aromatic nitrogens is 1. The predicted molar refractivity (Wildman–Crippen MR) is 59.0 cm³/mol. The van der Waals surface area contributed by atoms with Crippen LogP contribution in [0.15, 0.2) is 18.3 Å². The van der Waals surface area contributed by atoms with Crippen LogP contribution in [0.25, 0.3) is 0 Å². The maximum atomic E-state index is 11.7. The number of pyridine rings is 1. The molecule has 0 unspecified atom stereocenters. The normalized spacial score (nSPS) is 10.9. The SMILES string of the molecule is Cc1ccnc(NC(=O)C(C)(C)C(=O)O)c1. The van der Waals surface area contributed by atoms with Crippen LogP contribution in [0.5, 0.6) is 0 Å². The van der Waals surface area contributed by atoms with Crippen LogP contribution in [-0.4, -0.2) is 22.0 Å². The number of carbonyl (C=O) groups excluding carboxylic acids is 1. The third kappa shape index (κ3) is 2.56. The Morgan fingerprint density at radius 1 is 1.44 bits per heavy atom. The number of carboxylic acids is 1. The number of nitrogens with one attached hydrogen (secondary N) is 1. The van der Waals surface area contributed by atoms with E-state index >= 15 is 0 Å². The van der Waals surface area contributed by atoms with E-state index in [0.29, 0.717) is 5.82 Å². The number of rotatable bonds is 3. The molecule has 0 saturated carbocycles. The highest BCUT2D eigenvalue weighted by molar-refractivity contribution is 6.07. The van der Waals surface area contributed by atoms with Crippen LogP contribution in [0.1, 0.15) is 19.4 Å². The van der Waals surface area contributed by atoms with Gasteiger partial charge in [-0.1, -0.05) is 0 Å². The fourth-order valence-corrected chi connectivity index (χ4v) is 0.974. The zero-order valence-electron chi connectivity index (χ0n) is 9.44. The average molecular weight is 222 g/mol. The molecule has 0 aromatic carbocycles. The van der Waals surface area contributed by atoms with Gasteiger partial charge >= 0.3 is 5.97 Å². The molecule has 0 atom stereocenters. The topological polar surface area (TPSA) is 79.3 Å². The molecule has 0 spiro atoms. The average Bonchev–Trinajstić information content (AvgIpc) is 2.17. The second-order valence-corrected chi connectivity index (χ2v) is 4.10. The highest BCUT2D eigenvalue weighted by atomic mass is 16.4. The molecule has 1 aromatic heterocycles. The first-order valence-corrected chi connectivity index (χ1v) is 4.81. The molecular formula is C11H14N2O3. The minimum absolute atomic E-state index is 0.360. The van der Waals surface area contributed by atoms with Crippen LogP contribution in [-0.2, 0) is 9.59 Å². The molecule has 2 N–H and O–H groups in total. The Hall–Kier alpha value is -1.91. The van der Waals surface area contributed by atoms with Gasteiger partial charge in [0.05, 0.1) is 0 Å². The van der Waals surface area contributed by atoms with E-state index in [9.17, 15) is 9.59 Å². The van der Waals surface area contributed by atoms with Crippen molar-refractivity contribution in [1.29, 1.82) is 0 Å². The van der Waals surface area contributed by atoms with E-state index in [1.54, 1.807) is 18.3 Å². The van der Waals surface area contributed by atoms with Gasteiger partial charge in [-0.3, -0.25) is 9.59 Å². The lowest BCUT2D eigenvalue weighted by Crippen LogP contribution is -2.38. The molecule has 5 nitrogen and oxygen atoms in total. The van der Waals surface area contributed by atoms with Crippen molar-refractivity contribution in [3.05, 3.63) is 23.9 Å². The Morgan fingerprint density at radius 2 is 2.06 bits per heavy atom. The van der Waals surface area contributed by atoms with Crippen molar-refractivity contribution in [1.82, 2.24) is 4.98 Å². The molecule has 0 aliphatic rings. The first kappa shape index (κ1) is 12.2. The van der Waals surface area contributed by atoms with Crippen molar-refractivity contribution in [3.8, 4) is 0 Å². The summed E-state index contributed by atoms with van der Waals surface area (Å²) in [5.41, 5.74) is -0.524. The van der Waals surface area contributed by atoms with Gasteiger partial charge in [0.1, 0.15) is 11.2 Å². The zero-order valence-corrected chi connectivity index (χ0v) is 9.44. The van der Waals surface area contributed by atoms with E-state index < -0.39 is 17.3 Å². The standard InChI is InChI=1S/C11H14N2O3/c1-7-4-5-12-8(6-7)13-9(14)11(2,3)10(15)16/h4-6H,1-3H3,(H,15,16)(H,12,13,14). The van der Waals surface area contributed by atoms with Crippen molar-refractivity contribution in [2.45, 2.75) is 20.8 Å². The lowest BCUT2D eigenvalue weighted by Gasteiger charge is -2.17. The van der Waals surface area contributed by atoms with Gasteiger partial charge in [0.15, 0.2) is 0 Å². The van der Waals surface area contributed by atoms with E-state index in [1.165, 1.54) is 13.8 Å². The van der Waals surface area contributed by atoms with E-state index in [1.807, 2.05) is 6.92 Å². The van der Waals surface area contributed by atoms with Gasteiger partial charge in [0.25, 0.3) is 0 Å². The largest absolute Gasteiger partial charge is 0.480 e.